The van der Waals surface area contributed by atoms with E-state index in [1.165, 1.54) is 7.11 Å². The lowest BCUT2D eigenvalue weighted by molar-refractivity contribution is -0.158. The van der Waals surface area contributed by atoms with E-state index < -0.39 is 11.6 Å². The molecular weight excluding hydrogens is 276 g/mol. The minimum atomic E-state index is -1.49. The molecule has 116 valence electrons. The summed E-state index contributed by atoms with van der Waals surface area (Å²) in [5.41, 5.74) is 3.86. The molecule has 0 aliphatic carbocycles. The summed E-state index contributed by atoms with van der Waals surface area (Å²) in [5.74, 6) is -1.01. The Morgan fingerprint density at radius 2 is 1.14 bits per heavy atom. The molecule has 0 bridgehead atoms. The summed E-state index contributed by atoms with van der Waals surface area (Å²) in [5, 5.41) is 9.97. The first-order valence-electron chi connectivity index (χ1n) is 7.25. The largest absolute Gasteiger partial charge is 0.479 e. The number of carbonyl (C=O) groups is 1. The first-order valence-corrected chi connectivity index (χ1v) is 7.25. The molecule has 0 unspecified atom stereocenters. The molecule has 3 nitrogen and oxygen atoms in total. The van der Waals surface area contributed by atoms with Crippen molar-refractivity contribution in [2.24, 2.45) is 0 Å². The zero-order chi connectivity index (χ0) is 16.5. The van der Waals surface area contributed by atoms with Crippen LogP contribution in [-0.2, 0) is 15.1 Å². The number of methoxy groups -OCH3 is 1. The monoisotopic (exact) mass is 298 g/mol. The van der Waals surface area contributed by atoms with Crippen LogP contribution in [0.3, 0.4) is 0 Å². The molecule has 1 N–H and O–H groups in total. The Morgan fingerprint density at radius 3 is 1.36 bits per heavy atom. The van der Waals surface area contributed by atoms with Crippen molar-refractivity contribution >= 4 is 5.97 Å². The van der Waals surface area contributed by atoms with Crippen LogP contribution in [-0.4, -0.2) is 18.2 Å². The third-order valence-electron chi connectivity index (χ3n) is 3.86. The number of aliphatic carboxylic acids is 1. The van der Waals surface area contributed by atoms with E-state index in [-0.39, 0.29) is 0 Å². The van der Waals surface area contributed by atoms with Gasteiger partial charge in [0.1, 0.15) is 0 Å². The van der Waals surface area contributed by atoms with Gasteiger partial charge in [0.15, 0.2) is 0 Å². The summed E-state index contributed by atoms with van der Waals surface area (Å²) in [6, 6.07) is 11.6. The Hall–Kier alpha value is -2.13. The molecule has 0 spiro atoms. The Bertz CT molecular complexity index is 625. The highest BCUT2D eigenvalue weighted by molar-refractivity contribution is 5.84. The molecule has 3 heteroatoms. The van der Waals surface area contributed by atoms with E-state index in [1.54, 1.807) is 0 Å². The quantitative estimate of drug-likeness (QED) is 0.931. The predicted octanol–water partition coefficient (Wildman–Crippen LogP) is 3.89. The number of benzene rings is 2. The van der Waals surface area contributed by atoms with E-state index in [4.69, 9.17) is 4.74 Å². The molecule has 0 atom stereocenters. The highest BCUT2D eigenvalue weighted by Crippen LogP contribution is 2.35. The molecular formula is C19H22O3. The molecule has 0 amide bonds. The summed E-state index contributed by atoms with van der Waals surface area (Å²) in [6.07, 6.45) is 0. The lowest BCUT2D eigenvalue weighted by Gasteiger charge is -2.30. The highest BCUT2D eigenvalue weighted by Gasteiger charge is 2.43. The molecule has 2 aromatic rings. The molecule has 0 saturated carbocycles. The van der Waals surface area contributed by atoms with E-state index in [0.717, 1.165) is 22.3 Å². The molecule has 0 aliphatic heterocycles. The molecule has 0 fully saturated rings. The Morgan fingerprint density at radius 1 is 0.818 bits per heavy atom. The van der Waals surface area contributed by atoms with Gasteiger partial charge in [-0.15, -0.1) is 0 Å². The Balaban J connectivity index is 2.80. The van der Waals surface area contributed by atoms with Crippen LogP contribution in [0.25, 0.3) is 0 Å². The van der Waals surface area contributed by atoms with Gasteiger partial charge in [-0.25, -0.2) is 4.79 Å². The lowest BCUT2D eigenvalue weighted by Crippen LogP contribution is -2.39. The number of hydrogen-bond donors (Lipinski definition) is 1. The van der Waals surface area contributed by atoms with Gasteiger partial charge >= 0.3 is 5.97 Å². The number of hydrogen-bond acceptors (Lipinski definition) is 2. The fraction of sp³-hybridized carbons (Fsp3) is 0.316. The van der Waals surface area contributed by atoms with Crippen molar-refractivity contribution < 1.29 is 14.6 Å². The summed E-state index contributed by atoms with van der Waals surface area (Å²) >= 11 is 0. The summed E-state index contributed by atoms with van der Waals surface area (Å²) in [7, 11) is 1.45. The fourth-order valence-corrected chi connectivity index (χ4v) is 3.09. The van der Waals surface area contributed by atoms with Crippen LogP contribution < -0.4 is 0 Å². The molecule has 0 aromatic heterocycles. The van der Waals surface area contributed by atoms with Crippen LogP contribution in [0.2, 0.25) is 0 Å². The van der Waals surface area contributed by atoms with Gasteiger partial charge in [0.25, 0.3) is 0 Å². The standard InChI is InChI=1S/C19H22O3/c1-12-6-13(2)9-16(8-12)19(22-5,18(20)21)17-10-14(3)7-15(4)11-17/h6-11H,1-5H3,(H,20,21). The maximum Gasteiger partial charge on any atom is 0.345 e. The molecule has 0 radical (unpaired) electrons. The highest BCUT2D eigenvalue weighted by atomic mass is 16.5. The van der Waals surface area contributed by atoms with Gasteiger partial charge in [0.05, 0.1) is 0 Å². The SMILES string of the molecule is COC(C(=O)O)(c1cc(C)cc(C)c1)c1cc(C)cc(C)c1. The van der Waals surface area contributed by atoms with Gasteiger partial charge in [-0.05, 0) is 27.7 Å². The molecule has 0 aliphatic rings. The first-order chi connectivity index (χ1) is 10.3. The number of aryl methyl sites for hydroxylation is 4. The van der Waals surface area contributed by atoms with Crippen molar-refractivity contribution in [2.45, 2.75) is 33.3 Å². The molecule has 22 heavy (non-hydrogen) atoms. The summed E-state index contributed by atoms with van der Waals surface area (Å²) in [6.45, 7) is 7.83. The zero-order valence-corrected chi connectivity index (χ0v) is 13.7. The van der Waals surface area contributed by atoms with Crippen molar-refractivity contribution in [1.29, 1.82) is 0 Å². The van der Waals surface area contributed by atoms with E-state index in [1.807, 2.05) is 64.1 Å². The van der Waals surface area contributed by atoms with E-state index in [9.17, 15) is 9.90 Å². The van der Waals surface area contributed by atoms with Crippen LogP contribution in [0.1, 0.15) is 33.4 Å². The topological polar surface area (TPSA) is 46.5 Å². The van der Waals surface area contributed by atoms with Gasteiger partial charge in [0, 0.05) is 18.2 Å². The van der Waals surface area contributed by atoms with Gasteiger partial charge in [-0.1, -0.05) is 58.7 Å². The second-order valence-electron chi connectivity index (χ2n) is 5.94. The van der Waals surface area contributed by atoms with Crippen molar-refractivity contribution in [3.63, 3.8) is 0 Å². The number of rotatable bonds is 4. The van der Waals surface area contributed by atoms with Gasteiger partial charge < -0.3 is 9.84 Å². The summed E-state index contributed by atoms with van der Waals surface area (Å²) in [4.78, 5) is 12.2. The maximum absolute atomic E-state index is 12.2. The van der Waals surface area contributed by atoms with Crippen LogP contribution in [0, 0.1) is 27.7 Å². The van der Waals surface area contributed by atoms with Crippen molar-refractivity contribution in [3.8, 4) is 0 Å². The first kappa shape index (κ1) is 16.2. The van der Waals surface area contributed by atoms with E-state index >= 15 is 0 Å². The second kappa shape index (κ2) is 5.93. The number of carboxylic acids is 1. The van der Waals surface area contributed by atoms with E-state index in [0.29, 0.717) is 11.1 Å². The normalized spacial score (nSPS) is 11.5. The van der Waals surface area contributed by atoms with Crippen molar-refractivity contribution in [2.75, 3.05) is 7.11 Å². The van der Waals surface area contributed by atoms with Gasteiger partial charge in [-0.2, -0.15) is 0 Å². The molecule has 2 aromatic carbocycles. The van der Waals surface area contributed by atoms with Crippen LogP contribution >= 0.6 is 0 Å². The lowest BCUT2D eigenvalue weighted by atomic mass is 9.83. The van der Waals surface area contributed by atoms with Crippen molar-refractivity contribution in [3.05, 3.63) is 69.8 Å². The second-order valence-corrected chi connectivity index (χ2v) is 5.94. The van der Waals surface area contributed by atoms with Crippen LogP contribution in [0.5, 0.6) is 0 Å². The van der Waals surface area contributed by atoms with E-state index in [2.05, 4.69) is 0 Å². The fourth-order valence-electron chi connectivity index (χ4n) is 3.09. The minimum Gasteiger partial charge on any atom is -0.479 e. The molecule has 0 heterocycles. The summed E-state index contributed by atoms with van der Waals surface area (Å²) < 4.78 is 5.59. The molecule has 2 rings (SSSR count). The third-order valence-corrected chi connectivity index (χ3v) is 3.86. The van der Waals surface area contributed by atoms with Crippen LogP contribution in [0.15, 0.2) is 36.4 Å². The number of carboxylic acid groups (broad SMARTS) is 1. The third kappa shape index (κ3) is 2.77. The van der Waals surface area contributed by atoms with Crippen molar-refractivity contribution in [1.82, 2.24) is 0 Å². The average Bonchev–Trinajstić information content (AvgIpc) is 2.37. The zero-order valence-electron chi connectivity index (χ0n) is 13.7. The Labute approximate surface area is 131 Å². The predicted molar refractivity (Wildman–Crippen MR) is 87.3 cm³/mol. The van der Waals surface area contributed by atoms with Crippen LogP contribution in [0.4, 0.5) is 0 Å². The maximum atomic E-state index is 12.2. The van der Waals surface area contributed by atoms with Gasteiger partial charge in [-0.3, -0.25) is 0 Å². The minimum absolute atomic E-state index is 0.644. The number of ether oxygens (including phenoxy) is 1. The smallest absolute Gasteiger partial charge is 0.345 e. The Kier molecular flexibility index (Phi) is 4.38. The average molecular weight is 298 g/mol. The van der Waals surface area contributed by atoms with Gasteiger partial charge in [0.2, 0.25) is 5.60 Å². The molecule has 0 saturated heterocycles.